The molecule has 2 heterocycles. The van der Waals surface area contributed by atoms with E-state index in [1.807, 2.05) is 36.4 Å². The van der Waals surface area contributed by atoms with Gasteiger partial charge in [-0.3, -0.25) is 0 Å². The molecule has 3 aromatic carbocycles. The third-order valence-corrected chi connectivity index (χ3v) is 6.36. The zero-order valence-electron chi connectivity index (χ0n) is 19.7. The Hall–Kier alpha value is -3.63. The number of hydrogen-bond donors (Lipinski definition) is 2. The molecule has 0 aliphatic rings. The van der Waals surface area contributed by atoms with Crippen molar-refractivity contribution in [3.8, 4) is 17.1 Å². The maximum absolute atomic E-state index is 13.4. The minimum absolute atomic E-state index is 0.199. The lowest BCUT2D eigenvalue weighted by Gasteiger charge is -2.12. The van der Waals surface area contributed by atoms with E-state index < -0.39 is 11.4 Å². The van der Waals surface area contributed by atoms with E-state index in [0.717, 1.165) is 16.5 Å². The van der Waals surface area contributed by atoms with E-state index in [4.69, 9.17) is 20.8 Å². The molecule has 1 atom stereocenters. The van der Waals surface area contributed by atoms with E-state index in [9.17, 15) is 8.94 Å². The summed E-state index contributed by atoms with van der Waals surface area (Å²) in [6.45, 7) is 0.569. The van der Waals surface area contributed by atoms with Gasteiger partial charge in [0.05, 0.1) is 17.1 Å². The molecule has 1 unspecified atom stereocenters. The summed E-state index contributed by atoms with van der Waals surface area (Å²) in [6, 6.07) is 21.0. The van der Waals surface area contributed by atoms with Gasteiger partial charge in [-0.1, -0.05) is 23.7 Å². The highest BCUT2D eigenvalue weighted by molar-refractivity contribution is 7.88. The zero-order valence-corrected chi connectivity index (χ0v) is 21.3. The van der Waals surface area contributed by atoms with E-state index in [2.05, 4.69) is 20.0 Å². The third-order valence-electron chi connectivity index (χ3n) is 5.51. The quantitative estimate of drug-likeness (QED) is 0.211. The second-order valence-electron chi connectivity index (χ2n) is 8.18. The van der Waals surface area contributed by atoms with Crippen molar-refractivity contribution in [2.75, 3.05) is 11.6 Å². The molecule has 188 valence electrons. The summed E-state index contributed by atoms with van der Waals surface area (Å²) in [5, 5.41) is 4.50. The smallest absolute Gasteiger partial charge is 0.141 e. The molecule has 2 aromatic heterocycles. The Labute approximate surface area is 221 Å². The van der Waals surface area contributed by atoms with E-state index in [-0.39, 0.29) is 12.4 Å². The Morgan fingerprint density at radius 1 is 1.05 bits per heavy atom. The van der Waals surface area contributed by atoms with Crippen LogP contribution in [0.2, 0.25) is 5.02 Å². The topological polar surface area (TPSA) is 95.3 Å². The number of anilines is 2. The molecule has 5 rings (SSSR count). The van der Waals surface area contributed by atoms with Crippen LogP contribution in [0.25, 0.3) is 22.2 Å². The molecule has 2 N–H and O–H groups in total. The summed E-state index contributed by atoms with van der Waals surface area (Å²) in [5.74, 6) is 2.14. The predicted molar refractivity (Wildman–Crippen MR) is 144 cm³/mol. The van der Waals surface area contributed by atoms with Crippen molar-refractivity contribution in [3.63, 3.8) is 0 Å². The maximum atomic E-state index is 13.4. The van der Waals surface area contributed by atoms with Crippen LogP contribution in [-0.4, -0.2) is 20.8 Å². The predicted octanol–water partition coefficient (Wildman–Crippen LogP) is 6.39. The van der Waals surface area contributed by atoms with Gasteiger partial charge in [0.25, 0.3) is 0 Å². The van der Waals surface area contributed by atoms with Gasteiger partial charge in [0.15, 0.2) is 0 Å². The standard InChI is InChI=1S/C27H22ClFN4O3S/c1-37(34)32-14-21-7-10-25(36-21)18-5-8-24-22(12-18)27(31-16-30-24)33-20-6-9-26(23(28)13-20)35-15-17-3-2-4-19(29)11-17/h2-13,16,32H,14-15H2,1H3,(H,30,31,33). The Bertz CT molecular complexity index is 1550. The molecule has 10 heteroatoms. The van der Waals surface area contributed by atoms with Gasteiger partial charge >= 0.3 is 0 Å². The van der Waals surface area contributed by atoms with Crippen LogP contribution >= 0.6 is 11.6 Å². The summed E-state index contributed by atoms with van der Waals surface area (Å²) in [6.07, 6.45) is 3.06. The van der Waals surface area contributed by atoms with Crippen LogP contribution in [-0.2, 0) is 24.5 Å². The largest absolute Gasteiger partial charge is 0.598 e. The van der Waals surface area contributed by atoms with Gasteiger partial charge in [-0.15, -0.1) is 4.72 Å². The van der Waals surface area contributed by atoms with Gasteiger partial charge in [-0.05, 0) is 66.2 Å². The molecule has 0 saturated carbocycles. The average Bonchev–Trinajstić information content (AvgIpc) is 3.36. The first-order valence-corrected chi connectivity index (χ1v) is 13.2. The maximum Gasteiger partial charge on any atom is 0.141 e. The number of rotatable bonds is 9. The fourth-order valence-corrected chi connectivity index (χ4v) is 4.31. The van der Waals surface area contributed by atoms with Crippen LogP contribution in [0.1, 0.15) is 11.3 Å². The fourth-order valence-electron chi connectivity index (χ4n) is 3.73. The van der Waals surface area contributed by atoms with Crippen molar-refractivity contribution >= 4 is 45.4 Å². The number of halogens is 2. The van der Waals surface area contributed by atoms with Crippen LogP contribution < -0.4 is 14.8 Å². The Kier molecular flexibility index (Phi) is 7.57. The fraction of sp³-hybridized carbons (Fsp3) is 0.111. The summed E-state index contributed by atoms with van der Waals surface area (Å²) in [5.41, 5.74) is 3.04. The molecule has 0 radical (unpaired) electrons. The summed E-state index contributed by atoms with van der Waals surface area (Å²) < 4.78 is 39.2. The first-order valence-electron chi connectivity index (χ1n) is 11.3. The number of aromatic nitrogens is 2. The van der Waals surface area contributed by atoms with E-state index in [1.54, 1.807) is 30.5 Å². The molecule has 0 bridgehead atoms. The molecule has 7 nitrogen and oxygen atoms in total. The number of fused-ring (bicyclic) bond motifs is 1. The van der Waals surface area contributed by atoms with Gasteiger partial charge in [0.2, 0.25) is 0 Å². The summed E-state index contributed by atoms with van der Waals surface area (Å²) in [4.78, 5) is 8.79. The number of ether oxygens (including phenoxy) is 1. The van der Waals surface area contributed by atoms with Gasteiger partial charge in [0, 0.05) is 28.0 Å². The van der Waals surface area contributed by atoms with Crippen molar-refractivity contribution in [2.45, 2.75) is 13.2 Å². The molecule has 0 saturated heterocycles. The summed E-state index contributed by atoms with van der Waals surface area (Å²) in [7, 11) is 0. The minimum atomic E-state index is -1.12. The number of nitrogens with one attached hydrogen (secondary N) is 2. The van der Waals surface area contributed by atoms with Crippen molar-refractivity contribution in [2.24, 2.45) is 0 Å². The van der Waals surface area contributed by atoms with Crippen LogP contribution in [0.4, 0.5) is 15.9 Å². The second kappa shape index (κ2) is 11.2. The molecule has 0 spiro atoms. The van der Waals surface area contributed by atoms with Crippen LogP contribution in [0.15, 0.2) is 83.5 Å². The second-order valence-corrected chi connectivity index (χ2v) is 9.79. The summed E-state index contributed by atoms with van der Waals surface area (Å²) >= 11 is 5.33. The minimum Gasteiger partial charge on any atom is -0.598 e. The van der Waals surface area contributed by atoms with Gasteiger partial charge in [-0.25, -0.2) is 14.4 Å². The Morgan fingerprint density at radius 3 is 2.76 bits per heavy atom. The molecular formula is C27H22ClFN4O3S. The normalized spacial score (nSPS) is 12.0. The van der Waals surface area contributed by atoms with E-state index >= 15 is 0 Å². The third kappa shape index (κ3) is 6.20. The number of benzene rings is 3. The van der Waals surface area contributed by atoms with Crippen LogP contribution in [0.5, 0.6) is 5.75 Å². The molecule has 5 aromatic rings. The highest BCUT2D eigenvalue weighted by Crippen LogP contribution is 2.32. The van der Waals surface area contributed by atoms with Crippen LogP contribution in [0, 0.1) is 5.82 Å². The van der Waals surface area contributed by atoms with Gasteiger partial charge in [0.1, 0.15) is 48.1 Å². The number of hydrogen-bond acceptors (Lipinski definition) is 7. The lowest BCUT2D eigenvalue weighted by molar-refractivity contribution is 0.306. The van der Waals surface area contributed by atoms with Crippen molar-refractivity contribution in [1.82, 2.24) is 14.7 Å². The average molecular weight is 537 g/mol. The van der Waals surface area contributed by atoms with Crippen molar-refractivity contribution in [3.05, 3.63) is 101 Å². The Balaban J connectivity index is 1.34. The van der Waals surface area contributed by atoms with E-state index in [1.165, 1.54) is 18.5 Å². The van der Waals surface area contributed by atoms with Crippen LogP contribution in [0.3, 0.4) is 0 Å². The van der Waals surface area contributed by atoms with Crippen molar-refractivity contribution in [1.29, 1.82) is 0 Å². The number of furan rings is 1. The molecular weight excluding hydrogens is 515 g/mol. The van der Waals surface area contributed by atoms with Gasteiger partial charge in [-0.2, -0.15) is 0 Å². The molecule has 0 aliphatic carbocycles. The first-order chi connectivity index (χ1) is 17.9. The molecule has 37 heavy (non-hydrogen) atoms. The lowest BCUT2D eigenvalue weighted by atomic mass is 10.1. The lowest BCUT2D eigenvalue weighted by Crippen LogP contribution is -2.20. The highest BCUT2D eigenvalue weighted by atomic mass is 35.5. The zero-order chi connectivity index (χ0) is 25.8. The Morgan fingerprint density at radius 2 is 1.95 bits per heavy atom. The molecule has 0 aliphatic heterocycles. The SMILES string of the molecule is C[S+]([O-])NCc1ccc(-c2ccc3ncnc(Nc4ccc(OCc5cccc(F)c5)c(Cl)c4)c3c2)o1. The monoisotopic (exact) mass is 536 g/mol. The highest BCUT2D eigenvalue weighted by Gasteiger charge is 2.12. The number of nitrogens with zero attached hydrogens (tertiary/aromatic N) is 2. The molecule has 0 fully saturated rings. The van der Waals surface area contributed by atoms with Crippen molar-refractivity contribution < 1.29 is 18.1 Å². The van der Waals surface area contributed by atoms with E-state index in [0.29, 0.717) is 45.9 Å². The molecule has 0 amide bonds. The first kappa shape index (κ1) is 25.0. The van der Waals surface area contributed by atoms with Gasteiger partial charge < -0.3 is 19.0 Å².